The normalized spacial score (nSPS) is 11.3. The third-order valence-electron chi connectivity index (χ3n) is 5.46. The van der Waals surface area contributed by atoms with Gasteiger partial charge in [0.15, 0.2) is 0 Å². The van der Waals surface area contributed by atoms with E-state index in [1.807, 2.05) is 49.4 Å². The van der Waals surface area contributed by atoms with E-state index in [-0.39, 0.29) is 12.3 Å². The molecule has 0 heterocycles. The maximum absolute atomic E-state index is 12.9. The topological polar surface area (TPSA) is 69.6 Å². The highest BCUT2D eigenvalue weighted by molar-refractivity contribution is 5.97. The van der Waals surface area contributed by atoms with Crippen LogP contribution < -0.4 is 10.2 Å². The number of carboxylic acids is 1. The average Bonchev–Trinajstić information content (AvgIpc) is 2.75. The number of carbonyl (C=O) groups is 2. The van der Waals surface area contributed by atoms with E-state index in [4.69, 9.17) is 5.11 Å². The van der Waals surface area contributed by atoms with Crippen molar-refractivity contribution < 1.29 is 14.7 Å². The maximum atomic E-state index is 12.9. The molecule has 172 valence electrons. The molecular weight excluding hydrogens is 400 g/mol. The fourth-order valence-electron chi connectivity index (χ4n) is 3.56. The first-order valence-electron chi connectivity index (χ1n) is 11.5. The second-order valence-corrected chi connectivity index (χ2v) is 8.30. The SMILES string of the molecule is CCCCN(CCCC)c1ccc(/C(C)=C\C(=O)O)cc1NC(=O)Cc1ccc(C)cc1. The summed E-state index contributed by atoms with van der Waals surface area (Å²) in [6, 6.07) is 13.8. The number of allylic oxidation sites excluding steroid dienone is 1. The van der Waals surface area contributed by atoms with Crippen LogP contribution in [0, 0.1) is 6.92 Å². The molecule has 2 aromatic carbocycles. The first-order valence-corrected chi connectivity index (χ1v) is 11.5. The number of nitrogens with zero attached hydrogens (tertiary/aromatic N) is 1. The fraction of sp³-hybridized carbons (Fsp3) is 0.407. The number of amides is 1. The van der Waals surface area contributed by atoms with Gasteiger partial charge >= 0.3 is 5.97 Å². The molecule has 0 aliphatic carbocycles. The molecule has 0 unspecified atom stereocenters. The second kappa shape index (κ2) is 12.7. The van der Waals surface area contributed by atoms with Gasteiger partial charge in [-0.15, -0.1) is 0 Å². The molecule has 2 rings (SSSR count). The lowest BCUT2D eigenvalue weighted by Crippen LogP contribution is -2.27. The van der Waals surface area contributed by atoms with Crippen LogP contribution in [0.15, 0.2) is 48.5 Å². The van der Waals surface area contributed by atoms with Gasteiger partial charge in [0.05, 0.1) is 17.8 Å². The molecule has 2 aromatic rings. The molecule has 5 nitrogen and oxygen atoms in total. The lowest BCUT2D eigenvalue weighted by atomic mass is 10.0. The van der Waals surface area contributed by atoms with E-state index in [9.17, 15) is 9.59 Å². The Morgan fingerprint density at radius 3 is 2.19 bits per heavy atom. The highest BCUT2D eigenvalue weighted by atomic mass is 16.4. The number of benzene rings is 2. The minimum absolute atomic E-state index is 0.0851. The Balaban J connectivity index is 2.37. The second-order valence-electron chi connectivity index (χ2n) is 8.30. The smallest absolute Gasteiger partial charge is 0.328 e. The van der Waals surface area contributed by atoms with Crippen LogP contribution in [-0.4, -0.2) is 30.1 Å². The number of carbonyl (C=O) groups excluding carboxylic acids is 1. The molecule has 0 aromatic heterocycles. The van der Waals surface area contributed by atoms with Gasteiger partial charge < -0.3 is 15.3 Å². The van der Waals surface area contributed by atoms with Crippen molar-refractivity contribution in [3.8, 4) is 0 Å². The van der Waals surface area contributed by atoms with Crippen LogP contribution in [-0.2, 0) is 16.0 Å². The van der Waals surface area contributed by atoms with E-state index >= 15 is 0 Å². The van der Waals surface area contributed by atoms with Crippen LogP contribution in [0.3, 0.4) is 0 Å². The first kappa shape index (κ1) is 25.2. The van der Waals surface area contributed by atoms with E-state index in [1.54, 1.807) is 6.92 Å². The molecule has 0 atom stereocenters. The average molecular weight is 437 g/mol. The molecular formula is C27H36N2O3. The zero-order valence-corrected chi connectivity index (χ0v) is 19.8. The number of hydrogen-bond acceptors (Lipinski definition) is 3. The summed E-state index contributed by atoms with van der Waals surface area (Å²) in [5.74, 6) is -1.07. The van der Waals surface area contributed by atoms with Gasteiger partial charge in [0, 0.05) is 19.2 Å². The quantitative estimate of drug-likeness (QED) is 0.396. The number of rotatable bonds is 12. The summed E-state index contributed by atoms with van der Waals surface area (Å²) in [6.45, 7) is 9.97. The summed E-state index contributed by atoms with van der Waals surface area (Å²) in [5.41, 5.74) is 5.26. The minimum atomic E-state index is -0.982. The Labute approximate surface area is 192 Å². The highest BCUT2D eigenvalue weighted by Crippen LogP contribution is 2.31. The van der Waals surface area contributed by atoms with Crippen LogP contribution in [0.1, 0.15) is 63.1 Å². The fourth-order valence-corrected chi connectivity index (χ4v) is 3.56. The van der Waals surface area contributed by atoms with E-state index in [0.717, 1.165) is 66.8 Å². The zero-order chi connectivity index (χ0) is 23.5. The molecule has 0 saturated carbocycles. The Kier molecular flexibility index (Phi) is 9.99. The molecule has 2 N–H and O–H groups in total. The van der Waals surface area contributed by atoms with Gasteiger partial charge in [-0.3, -0.25) is 4.79 Å². The Morgan fingerprint density at radius 2 is 1.62 bits per heavy atom. The summed E-state index contributed by atoms with van der Waals surface area (Å²) in [6.07, 6.45) is 5.81. The van der Waals surface area contributed by atoms with Crippen LogP contribution >= 0.6 is 0 Å². The summed E-state index contributed by atoms with van der Waals surface area (Å²) in [5, 5.41) is 12.2. The van der Waals surface area contributed by atoms with Gasteiger partial charge in [-0.1, -0.05) is 62.6 Å². The van der Waals surface area contributed by atoms with Gasteiger partial charge in [0.2, 0.25) is 5.91 Å². The van der Waals surface area contributed by atoms with Crippen LogP contribution in [0.4, 0.5) is 11.4 Å². The molecule has 0 bridgehead atoms. The van der Waals surface area contributed by atoms with Gasteiger partial charge in [-0.05, 0) is 55.5 Å². The summed E-state index contributed by atoms with van der Waals surface area (Å²) in [7, 11) is 0. The van der Waals surface area contributed by atoms with Crippen molar-refractivity contribution in [3.63, 3.8) is 0 Å². The van der Waals surface area contributed by atoms with E-state index in [2.05, 4.69) is 24.1 Å². The van der Waals surface area contributed by atoms with E-state index in [1.165, 1.54) is 6.08 Å². The minimum Gasteiger partial charge on any atom is -0.478 e. The van der Waals surface area contributed by atoms with Crippen LogP contribution in [0.5, 0.6) is 0 Å². The molecule has 32 heavy (non-hydrogen) atoms. The van der Waals surface area contributed by atoms with E-state index in [0.29, 0.717) is 5.57 Å². The summed E-state index contributed by atoms with van der Waals surface area (Å²) in [4.78, 5) is 26.3. The predicted molar refractivity (Wildman–Crippen MR) is 133 cm³/mol. The first-order chi connectivity index (χ1) is 15.3. The zero-order valence-electron chi connectivity index (χ0n) is 19.8. The molecule has 0 aliphatic rings. The third-order valence-corrected chi connectivity index (χ3v) is 5.46. The summed E-state index contributed by atoms with van der Waals surface area (Å²) < 4.78 is 0. The van der Waals surface area contributed by atoms with Crippen molar-refractivity contribution in [2.75, 3.05) is 23.3 Å². The largest absolute Gasteiger partial charge is 0.478 e. The van der Waals surface area contributed by atoms with Crippen molar-refractivity contribution in [1.29, 1.82) is 0 Å². The van der Waals surface area contributed by atoms with Crippen molar-refractivity contribution in [2.45, 2.75) is 59.8 Å². The number of aliphatic carboxylic acids is 1. The van der Waals surface area contributed by atoms with Crippen molar-refractivity contribution in [3.05, 3.63) is 65.2 Å². The van der Waals surface area contributed by atoms with Crippen molar-refractivity contribution in [2.24, 2.45) is 0 Å². The van der Waals surface area contributed by atoms with Gasteiger partial charge in [0.1, 0.15) is 0 Å². The molecule has 0 saturated heterocycles. The Hall–Kier alpha value is -3.08. The number of nitrogens with one attached hydrogen (secondary N) is 1. The number of carboxylic acid groups (broad SMARTS) is 1. The lowest BCUT2D eigenvalue weighted by molar-refractivity contribution is -0.131. The van der Waals surface area contributed by atoms with Crippen LogP contribution in [0.2, 0.25) is 0 Å². The van der Waals surface area contributed by atoms with Gasteiger partial charge in [-0.25, -0.2) is 4.79 Å². The van der Waals surface area contributed by atoms with Crippen LogP contribution in [0.25, 0.3) is 5.57 Å². The monoisotopic (exact) mass is 436 g/mol. The Morgan fingerprint density at radius 1 is 1.00 bits per heavy atom. The molecule has 0 radical (unpaired) electrons. The summed E-state index contributed by atoms with van der Waals surface area (Å²) >= 11 is 0. The standard InChI is InChI=1S/C27H36N2O3/c1-5-7-15-29(16-8-6-2)25-14-13-23(21(4)17-27(31)32)19-24(25)28-26(30)18-22-11-9-20(3)10-12-22/h9-14,17,19H,5-8,15-16,18H2,1-4H3,(H,28,30)(H,31,32)/b21-17-. The number of hydrogen-bond donors (Lipinski definition) is 2. The lowest BCUT2D eigenvalue weighted by Gasteiger charge is -2.28. The Bertz CT molecular complexity index is 924. The maximum Gasteiger partial charge on any atom is 0.328 e. The van der Waals surface area contributed by atoms with Gasteiger partial charge in [0.25, 0.3) is 0 Å². The third kappa shape index (κ3) is 7.88. The van der Waals surface area contributed by atoms with Crippen molar-refractivity contribution >= 4 is 28.8 Å². The predicted octanol–water partition coefficient (Wildman–Crippen LogP) is 6.07. The number of aryl methyl sites for hydroxylation is 1. The van der Waals surface area contributed by atoms with E-state index < -0.39 is 5.97 Å². The van der Waals surface area contributed by atoms with Gasteiger partial charge in [-0.2, -0.15) is 0 Å². The molecule has 1 amide bonds. The molecule has 5 heteroatoms. The number of unbranched alkanes of at least 4 members (excludes halogenated alkanes) is 2. The molecule has 0 aliphatic heterocycles. The number of anilines is 2. The van der Waals surface area contributed by atoms with Crippen molar-refractivity contribution in [1.82, 2.24) is 0 Å². The molecule has 0 fully saturated rings. The highest BCUT2D eigenvalue weighted by Gasteiger charge is 2.15. The molecule has 0 spiro atoms.